The van der Waals surface area contributed by atoms with E-state index in [1.165, 1.54) is 10.4 Å². The molecule has 0 spiro atoms. The number of likely N-dealkylation sites (N-methyl/N-ethyl adjacent to an activating group) is 1. The van der Waals surface area contributed by atoms with Gasteiger partial charge < -0.3 is 10.8 Å². The van der Waals surface area contributed by atoms with Gasteiger partial charge in [0.15, 0.2) is 0 Å². The van der Waals surface area contributed by atoms with Gasteiger partial charge in [-0.15, -0.1) is 0 Å². The van der Waals surface area contributed by atoms with Crippen LogP contribution in [0.4, 0.5) is 5.69 Å². The van der Waals surface area contributed by atoms with Gasteiger partial charge >= 0.3 is 0 Å². The standard InChI is InChI=1S/C14H24N2O3S/c1-5-11-7-8-12(9-13(11)15)20(18,19)16(6-2)10-14(3,4)17/h7-9,17H,5-6,10,15H2,1-4H3. The second-order valence-corrected chi connectivity index (χ2v) is 7.40. The third kappa shape index (κ3) is 3.94. The van der Waals surface area contributed by atoms with Gasteiger partial charge in [0, 0.05) is 18.8 Å². The molecule has 0 amide bonds. The van der Waals surface area contributed by atoms with Crippen molar-refractivity contribution in [2.24, 2.45) is 0 Å². The first-order valence-corrected chi connectivity index (χ1v) is 8.16. The molecule has 20 heavy (non-hydrogen) atoms. The van der Waals surface area contributed by atoms with Crippen LogP contribution in [0, 0.1) is 0 Å². The summed E-state index contributed by atoms with van der Waals surface area (Å²) in [6.45, 7) is 7.21. The number of nitrogens with zero attached hydrogens (tertiary/aromatic N) is 1. The smallest absolute Gasteiger partial charge is 0.243 e. The Hall–Kier alpha value is -1.11. The van der Waals surface area contributed by atoms with Gasteiger partial charge in [0.25, 0.3) is 0 Å². The Balaban J connectivity index is 3.17. The van der Waals surface area contributed by atoms with Crippen molar-refractivity contribution in [2.45, 2.75) is 44.6 Å². The summed E-state index contributed by atoms with van der Waals surface area (Å²) in [5, 5.41) is 9.84. The monoisotopic (exact) mass is 300 g/mol. The van der Waals surface area contributed by atoms with E-state index in [-0.39, 0.29) is 11.4 Å². The fourth-order valence-electron chi connectivity index (χ4n) is 2.00. The Morgan fingerprint density at radius 2 is 1.90 bits per heavy atom. The number of hydrogen-bond donors (Lipinski definition) is 2. The van der Waals surface area contributed by atoms with E-state index in [1.807, 2.05) is 6.92 Å². The Labute approximate surface area is 121 Å². The molecule has 1 rings (SSSR count). The quantitative estimate of drug-likeness (QED) is 0.782. The third-order valence-corrected chi connectivity index (χ3v) is 4.97. The topological polar surface area (TPSA) is 83.6 Å². The molecule has 0 aliphatic rings. The van der Waals surface area contributed by atoms with Crippen LogP contribution in [0.5, 0.6) is 0 Å². The molecule has 0 saturated heterocycles. The fourth-order valence-corrected chi connectivity index (χ4v) is 3.64. The molecule has 114 valence electrons. The normalized spacial score (nSPS) is 12.9. The zero-order valence-corrected chi connectivity index (χ0v) is 13.4. The second-order valence-electron chi connectivity index (χ2n) is 5.46. The van der Waals surface area contributed by atoms with Gasteiger partial charge in [-0.25, -0.2) is 8.42 Å². The van der Waals surface area contributed by atoms with Gasteiger partial charge in [-0.2, -0.15) is 4.31 Å². The van der Waals surface area contributed by atoms with Gasteiger partial charge in [0.05, 0.1) is 10.5 Å². The van der Waals surface area contributed by atoms with Crippen LogP contribution in [-0.2, 0) is 16.4 Å². The average Bonchev–Trinajstić information content (AvgIpc) is 2.34. The van der Waals surface area contributed by atoms with Crippen molar-refractivity contribution in [1.82, 2.24) is 4.31 Å². The summed E-state index contributed by atoms with van der Waals surface area (Å²) in [6, 6.07) is 4.79. The summed E-state index contributed by atoms with van der Waals surface area (Å²) in [5.74, 6) is 0. The van der Waals surface area contributed by atoms with E-state index in [9.17, 15) is 13.5 Å². The maximum Gasteiger partial charge on any atom is 0.243 e. The SMILES string of the molecule is CCc1ccc(S(=O)(=O)N(CC)CC(C)(C)O)cc1N. The molecular formula is C14H24N2O3S. The molecule has 0 radical (unpaired) electrons. The van der Waals surface area contributed by atoms with Crippen molar-refractivity contribution < 1.29 is 13.5 Å². The predicted molar refractivity (Wildman–Crippen MR) is 81.0 cm³/mol. The molecule has 1 aromatic rings. The number of nitrogen functional groups attached to an aromatic ring is 1. The molecule has 1 aromatic carbocycles. The number of benzene rings is 1. The minimum absolute atomic E-state index is 0.0429. The largest absolute Gasteiger partial charge is 0.398 e. The van der Waals surface area contributed by atoms with E-state index in [2.05, 4.69) is 0 Å². The maximum atomic E-state index is 12.6. The highest BCUT2D eigenvalue weighted by Gasteiger charge is 2.28. The first-order valence-electron chi connectivity index (χ1n) is 6.72. The third-order valence-electron chi connectivity index (χ3n) is 3.05. The van der Waals surface area contributed by atoms with Crippen LogP contribution in [0.2, 0.25) is 0 Å². The van der Waals surface area contributed by atoms with Crippen molar-refractivity contribution in [2.75, 3.05) is 18.8 Å². The molecule has 0 atom stereocenters. The van der Waals surface area contributed by atoms with Crippen LogP contribution in [0.25, 0.3) is 0 Å². The lowest BCUT2D eigenvalue weighted by Gasteiger charge is -2.27. The number of aryl methyl sites for hydroxylation is 1. The predicted octanol–water partition coefficient (Wildman–Crippen LogP) is 1.61. The Bertz CT molecular complexity index is 562. The Morgan fingerprint density at radius 1 is 1.30 bits per heavy atom. The molecule has 0 bridgehead atoms. The lowest BCUT2D eigenvalue weighted by molar-refractivity contribution is 0.0601. The number of anilines is 1. The van der Waals surface area contributed by atoms with Crippen LogP contribution in [-0.4, -0.2) is 36.5 Å². The summed E-state index contributed by atoms with van der Waals surface area (Å²) >= 11 is 0. The van der Waals surface area contributed by atoms with E-state index in [0.29, 0.717) is 12.2 Å². The zero-order chi connectivity index (χ0) is 15.6. The molecule has 3 N–H and O–H groups in total. The minimum Gasteiger partial charge on any atom is -0.398 e. The van der Waals surface area contributed by atoms with E-state index in [4.69, 9.17) is 5.73 Å². The van der Waals surface area contributed by atoms with Crippen molar-refractivity contribution in [1.29, 1.82) is 0 Å². The second kappa shape index (κ2) is 6.11. The summed E-state index contributed by atoms with van der Waals surface area (Å²) < 4.78 is 26.4. The van der Waals surface area contributed by atoms with Crippen LogP contribution < -0.4 is 5.73 Å². The minimum atomic E-state index is -3.64. The van der Waals surface area contributed by atoms with E-state index in [0.717, 1.165) is 12.0 Å². The maximum absolute atomic E-state index is 12.6. The Kier molecular flexibility index (Phi) is 5.18. The van der Waals surface area contributed by atoms with Gasteiger partial charge in [0.2, 0.25) is 10.0 Å². The molecule has 0 fully saturated rings. The molecule has 5 nitrogen and oxygen atoms in total. The summed E-state index contributed by atoms with van der Waals surface area (Å²) in [4.78, 5) is 0.165. The van der Waals surface area contributed by atoms with Crippen LogP contribution >= 0.6 is 0 Å². The summed E-state index contributed by atoms with van der Waals surface area (Å²) in [5.41, 5.74) is 6.18. The van der Waals surface area contributed by atoms with E-state index < -0.39 is 15.6 Å². The lowest BCUT2D eigenvalue weighted by Crippen LogP contribution is -2.42. The lowest BCUT2D eigenvalue weighted by atomic mass is 10.1. The molecule has 0 aliphatic carbocycles. The van der Waals surface area contributed by atoms with E-state index in [1.54, 1.807) is 32.9 Å². The van der Waals surface area contributed by atoms with Crippen LogP contribution in [0.1, 0.15) is 33.3 Å². The van der Waals surface area contributed by atoms with Crippen LogP contribution in [0.3, 0.4) is 0 Å². The van der Waals surface area contributed by atoms with Crippen molar-refractivity contribution in [3.8, 4) is 0 Å². The fraction of sp³-hybridized carbons (Fsp3) is 0.571. The summed E-state index contributed by atoms with van der Waals surface area (Å²) in [6.07, 6.45) is 0.757. The van der Waals surface area contributed by atoms with E-state index >= 15 is 0 Å². The highest BCUT2D eigenvalue weighted by Crippen LogP contribution is 2.22. The molecule has 6 heteroatoms. The molecule has 0 heterocycles. The molecule has 0 saturated carbocycles. The highest BCUT2D eigenvalue weighted by atomic mass is 32.2. The van der Waals surface area contributed by atoms with Crippen molar-refractivity contribution in [3.63, 3.8) is 0 Å². The Morgan fingerprint density at radius 3 is 2.30 bits per heavy atom. The first-order chi connectivity index (χ1) is 9.11. The van der Waals surface area contributed by atoms with Gasteiger partial charge in [-0.3, -0.25) is 0 Å². The number of nitrogens with two attached hydrogens (primary N) is 1. The molecule has 0 aromatic heterocycles. The molecule has 0 unspecified atom stereocenters. The zero-order valence-electron chi connectivity index (χ0n) is 12.5. The number of rotatable bonds is 6. The van der Waals surface area contributed by atoms with Gasteiger partial charge in [-0.05, 0) is 38.0 Å². The van der Waals surface area contributed by atoms with Gasteiger partial charge in [-0.1, -0.05) is 19.9 Å². The average molecular weight is 300 g/mol. The van der Waals surface area contributed by atoms with Crippen molar-refractivity contribution >= 4 is 15.7 Å². The number of sulfonamides is 1. The van der Waals surface area contributed by atoms with Crippen molar-refractivity contribution in [3.05, 3.63) is 23.8 Å². The summed E-state index contributed by atoms with van der Waals surface area (Å²) in [7, 11) is -3.64. The highest BCUT2D eigenvalue weighted by molar-refractivity contribution is 7.89. The van der Waals surface area contributed by atoms with Crippen LogP contribution in [0.15, 0.2) is 23.1 Å². The molecule has 0 aliphatic heterocycles. The number of hydrogen-bond acceptors (Lipinski definition) is 4. The molecular weight excluding hydrogens is 276 g/mol. The first kappa shape index (κ1) is 16.9. The number of aliphatic hydroxyl groups is 1. The van der Waals surface area contributed by atoms with Gasteiger partial charge in [0.1, 0.15) is 0 Å².